The van der Waals surface area contributed by atoms with Crippen LogP contribution in [0.2, 0.25) is 0 Å². The van der Waals surface area contributed by atoms with E-state index in [2.05, 4.69) is 15.3 Å². The molecule has 0 saturated carbocycles. The van der Waals surface area contributed by atoms with E-state index in [-0.39, 0.29) is 11.6 Å². The van der Waals surface area contributed by atoms with Gasteiger partial charge in [-0.15, -0.1) is 0 Å². The van der Waals surface area contributed by atoms with Crippen LogP contribution in [0.3, 0.4) is 0 Å². The van der Waals surface area contributed by atoms with E-state index in [0.717, 1.165) is 29.7 Å². The van der Waals surface area contributed by atoms with E-state index in [9.17, 15) is 14.8 Å². The number of nitrogens with one attached hydrogen (secondary N) is 1. The second kappa shape index (κ2) is 8.92. The highest BCUT2D eigenvalue weighted by molar-refractivity contribution is 6.57. The molecule has 5 N–H and O–H groups in total. The summed E-state index contributed by atoms with van der Waals surface area (Å²) in [5, 5.41) is 22.4. The van der Waals surface area contributed by atoms with Gasteiger partial charge in [0.15, 0.2) is 11.5 Å². The molecule has 11 heteroatoms. The Morgan fingerprint density at radius 2 is 2.00 bits per heavy atom. The number of carbonyl (C=O) groups excluding carboxylic acids is 1. The predicted octanol–water partition coefficient (Wildman–Crippen LogP) is 2.26. The molecule has 1 atom stereocenters. The Morgan fingerprint density at radius 3 is 2.72 bits per heavy atom. The lowest BCUT2D eigenvalue weighted by molar-refractivity contribution is 0.0503. The number of aromatic nitrogens is 4. The van der Waals surface area contributed by atoms with Crippen molar-refractivity contribution < 1.29 is 19.6 Å². The number of benzene rings is 1. The summed E-state index contributed by atoms with van der Waals surface area (Å²) >= 11 is 0. The summed E-state index contributed by atoms with van der Waals surface area (Å²) in [5.74, 6) is 0.855. The van der Waals surface area contributed by atoms with Crippen molar-refractivity contribution in [1.82, 2.24) is 24.8 Å². The summed E-state index contributed by atoms with van der Waals surface area (Å²) in [6.45, 7) is 5.50. The second-order valence-corrected chi connectivity index (χ2v) is 9.78. The molecule has 4 aromatic rings. The minimum absolute atomic E-state index is 0.108. The molecule has 1 aliphatic carbocycles. The maximum Gasteiger partial charge on any atom is 0.508 e. The molecule has 184 valence electrons. The third-order valence-corrected chi connectivity index (χ3v) is 6.02. The van der Waals surface area contributed by atoms with Gasteiger partial charge in [0.25, 0.3) is 0 Å². The standard InChI is InChI=1S/C25H27BN6O4/c1-25(2,3)36-24(33)30-18-9-6-14-13-15(7-8-16(14)18)32-22(17-5-4-12-28-21(17)27)29-19-10-11-20(26(34)35)31-23(19)32/h4-5,7-8,10-13,18,34-35H,6,9H2,1-3H3,(H2,27,28)(H,30,33)/t18-/m0/s1. The Hall–Kier alpha value is -3.96. The number of imidazole rings is 1. The molecule has 0 radical (unpaired) electrons. The van der Waals surface area contributed by atoms with Gasteiger partial charge in [0.05, 0.1) is 17.2 Å². The van der Waals surface area contributed by atoms with E-state index in [1.807, 2.05) is 49.6 Å². The van der Waals surface area contributed by atoms with E-state index in [0.29, 0.717) is 28.4 Å². The maximum absolute atomic E-state index is 12.3. The topological polar surface area (TPSA) is 148 Å². The maximum atomic E-state index is 12.3. The minimum atomic E-state index is -1.72. The van der Waals surface area contributed by atoms with E-state index in [4.69, 9.17) is 15.5 Å². The summed E-state index contributed by atoms with van der Waals surface area (Å²) in [6.07, 6.45) is 2.69. The molecular weight excluding hydrogens is 459 g/mol. The molecule has 1 aliphatic rings. The van der Waals surface area contributed by atoms with Crippen LogP contribution in [0, 0.1) is 0 Å². The number of nitrogens with zero attached hydrogens (tertiary/aromatic N) is 4. The van der Waals surface area contributed by atoms with Gasteiger partial charge in [0, 0.05) is 11.9 Å². The van der Waals surface area contributed by atoms with Crippen LogP contribution in [-0.4, -0.2) is 48.4 Å². The first kappa shape index (κ1) is 23.8. The Labute approximate surface area is 208 Å². The molecular formula is C25H27BN6O4. The number of nitrogen functional groups attached to an aromatic ring is 1. The van der Waals surface area contributed by atoms with Crippen molar-refractivity contribution in [3.8, 4) is 17.1 Å². The lowest BCUT2D eigenvalue weighted by Gasteiger charge is -2.22. The number of hydrogen-bond acceptors (Lipinski definition) is 8. The molecule has 0 bridgehead atoms. The Morgan fingerprint density at radius 1 is 1.19 bits per heavy atom. The van der Waals surface area contributed by atoms with Gasteiger partial charge in [-0.1, -0.05) is 6.07 Å². The molecule has 36 heavy (non-hydrogen) atoms. The van der Waals surface area contributed by atoms with Gasteiger partial charge >= 0.3 is 13.2 Å². The molecule has 0 saturated heterocycles. The van der Waals surface area contributed by atoms with E-state index in [1.54, 1.807) is 18.3 Å². The number of anilines is 1. The van der Waals surface area contributed by atoms with Crippen LogP contribution in [0.15, 0.2) is 48.7 Å². The van der Waals surface area contributed by atoms with Gasteiger partial charge < -0.3 is 25.8 Å². The average Bonchev–Trinajstić information content (AvgIpc) is 3.38. The van der Waals surface area contributed by atoms with Crippen LogP contribution in [-0.2, 0) is 11.2 Å². The van der Waals surface area contributed by atoms with Gasteiger partial charge in [-0.25, -0.2) is 19.7 Å². The predicted molar refractivity (Wildman–Crippen MR) is 137 cm³/mol. The molecule has 10 nitrogen and oxygen atoms in total. The summed E-state index contributed by atoms with van der Waals surface area (Å²) in [7, 11) is -1.72. The van der Waals surface area contributed by atoms with Crippen LogP contribution in [0.4, 0.5) is 10.6 Å². The highest BCUT2D eigenvalue weighted by Crippen LogP contribution is 2.35. The third-order valence-electron chi connectivity index (χ3n) is 6.02. The van der Waals surface area contributed by atoms with E-state index >= 15 is 0 Å². The largest absolute Gasteiger partial charge is 0.508 e. The fourth-order valence-corrected chi connectivity index (χ4v) is 4.49. The number of fused-ring (bicyclic) bond motifs is 2. The fourth-order valence-electron chi connectivity index (χ4n) is 4.49. The zero-order valence-electron chi connectivity index (χ0n) is 20.3. The Balaban J connectivity index is 1.59. The first-order valence-electron chi connectivity index (χ1n) is 11.7. The van der Waals surface area contributed by atoms with Crippen molar-refractivity contribution in [2.45, 2.75) is 45.3 Å². The van der Waals surface area contributed by atoms with E-state index in [1.165, 1.54) is 6.07 Å². The number of pyridine rings is 2. The van der Waals surface area contributed by atoms with Gasteiger partial charge in [-0.05, 0) is 81.1 Å². The highest BCUT2D eigenvalue weighted by atomic mass is 16.6. The number of amides is 1. The second-order valence-electron chi connectivity index (χ2n) is 9.78. The zero-order valence-corrected chi connectivity index (χ0v) is 20.3. The molecule has 5 rings (SSSR count). The quantitative estimate of drug-likeness (QED) is 0.321. The molecule has 3 aromatic heterocycles. The number of aryl methyl sites for hydroxylation is 1. The molecule has 1 aromatic carbocycles. The Bertz CT molecular complexity index is 1460. The number of nitrogens with two attached hydrogens (primary N) is 1. The van der Waals surface area contributed by atoms with Crippen molar-refractivity contribution in [3.63, 3.8) is 0 Å². The van der Waals surface area contributed by atoms with E-state index < -0.39 is 18.8 Å². The summed E-state index contributed by atoms with van der Waals surface area (Å²) in [5.41, 5.74) is 10.3. The normalized spacial score (nSPS) is 15.1. The van der Waals surface area contributed by atoms with Crippen molar-refractivity contribution in [2.24, 2.45) is 0 Å². The van der Waals surface area contributed by atoms with Crippen LogP contribution in [0.1, 0.15) is 44.4 Å². The first-order valence-corrected chi connectivity index (χ1v) is 11.7. The van der Waals surface area contributed by atoms with Crippen molar-refractivity contribution in [1.29, 1.82) is 0 Å². The molecule has 0 fully saturated rings. The Kier molecular flexibility index (Phi) is 5.89. The highest BCUT2D eigenvalue weighted by Gasteiger charge is 2.28. The zero-order chi connectivity index (χ0) is 25.6. The molecule has 0 spiro atoms. The van der Waals surface area contributed by atoms with Crippen LogP contribution in [0.5, 0.6) is 0 Å². The van der Waals surface area contributed by atoms with Crippen LogP contribution >= 0.6 is 0 Å². The van der Waals surface area contributed by atoms with Crippen molar-refractivity contribution >= 4 is 35.8 Å². The number of carbonyl (C=O) groups is 1. The lowest BCUT2D eigenvalue weighted by Crippen LogP contribution is -2.34. The molecule has 3 heterocycles. The average molecular weight is 486 g/mol. The first-order chi connectivity index (χ1) is 17.1. The van der Waals surface area contributed by atoms with Crippen LogP contribution < -0.4 is 16.6 Å². The summed E-state index contributed by atoms with van der Waals surface area (Å²) < 4.78 is 7.26. The number of alkyl carbamates (subject to hydrolysis) is 1. The summed E-state index contributed by atoms with van der Waals surface area (Å²) in [4.78, 5) is 25.8. The van der Waals surface area contributed by atoms with Gasteiger partial charge in [-0.3, -0.25) is 4.57 Å². The smallest absolute Gasteiger partial charge is 0.444 e. The third kappa shape index (κ3) is 4.50. The number of hydrogen-bond donors (Lipinski definition) is 4. The van der Waals surface area contributed by atoms with Crippen LogP contribution in [0.25, 0.3) is 28.2 Å². The minimum Gasteiger partial charge on any atom is -0.444 e. The monoisotopic (exact) mass is 486 g/mol. The van der Waals surface area contributed by atoms with Gasteiger partial charge in [0.2, 0.25) is 0 Å². The SMILES string of the molecule is CC(C)(C)OC(=O)N[C@H]1CCc2cc(-n3c(-c4cccnc4N)nc4ccc(B(O)O)nc43)ccc21. The molecule has 0 aliphatic heterocycles. The number of ether oxygens (including phenoxy) is 1. The van der Waals surface area contributed by atoms with Crippen molar-refractivity contribution in [2.75, 3.05) is 5.73 Å². The lowest BCUT2D eigenvalue weighted by atomic mass is 9.86. The van der Waals surface area contributed by atoms with Gasteiger partial charge in [0.1, 0.15) is 16.9 Å². The van der Waals surface area contributed by atoms with Gasteiger partial charge in [-0.2, -0.15) is 0 Å². The number of rotatable bonds is 4. The fraction of sp³-hybridized carbons (Fsp3) is 0.280. The molecule has 1 amide bonds. The summed E-state index contributed by atoms with van der Waals surface area (Å²) in [6, 6.07) is 12.6. The molecule has 0 unspecified atom stereocenters. The van der Waals surface area contributed by atoms with Crippen molar-refractivity contribution in [3.05, 3.63) is 59.8 Å².